The van der Waals surface area contributed by atoms with Gasteiger partial charge in [0.25, 0.3) is 0 Å². The Morgan fingerprint density at radius 3 is 2.16 bits per heavy atom. The van der Waals surface area contributed by atoms with Crippen LogP contribution >= 0.6 is 0 Å². The highest BCUT2D eigenvalue weighted by atomic mass is 16.7. The third-order valence-corrected chi connectivity index (χ3v) is 11.4. The molecule has 0 radical (unpaired) electrons. The number of epoxide rings is 1. The van der Waals surface area contributed by atoms with Crippen molar-refractivity contribution < 1.29 is 28.8 Å². The van der Waals surface area contributed by atoms with Crippen molar-refractivity contribution in [3.63, 3.8) is 0 Å². The number of hydrogen-bond donors (Lipinski definition) is 1. The van der Waals surface area contributed by atoms with Crippen LogP contribution in [0, 0.1) is 28.6 Å². The van der Waals surface area contributed by atoms with Crippen molar-refractivity contribution >= 4 is 0 Å². The molecule has 7 aliphatic rings. The first kappa shape index (κ1) is 20.2. The van der Waals surface area contributed by atoms with Gasteiger partial charge in [-0.2, -0.15) is 0 Å². The van der Waals surface area contributed by atoms with Crippen molar-refractivity contribution in [2.24, 2.45) is 28.6 Å². The van der Waals surface area contributed by atoms with Gasteiger partial charge in [0, 0.05) is 30.1 Å². The standard InChI is InChI=1S/C25H38O6/c1-19-7-8-23(27-9-10-28-23)15-24(19)22(4,31-24)13-16-17-5-6-25(29-11-12-30-25)20(17,2)14-21(3,26)18(16)19/h16-18,26H,5-15H2,1-4H3/t16-,17?,18?,19+,20-,21-,22-,24+/m0/s1. The van der Waals surface area contributed by atoms with Gasteiger partial charge in [0.15, 0.2) is 11.6 Å². The maximum atomic E-state index is 12.2. The summed E-state index contributed by atoms with van der Waals surface area (Å²) in [5.41, 5.74) is -1.49. The van der Waals surface area contributed by atoms with E-state index in [1.54, 1.807) is 0 Å². The van der Waals surface area contributed by atoms with Crippen LogP contribution in [0.1, 0.15) is 72.6 Å². The molecule has 4 saturated carbocycles. The second kappa shape index (κ2) is 5.52. The summed E-state index contributed by atoms with van der Waals surface area (Å²) in [4.78, 5) is 0. The molecule has 0 aromatic carbocycles. The number of rotatable bonds is 0. The molecular weight excluding hydrogens is 396 g/mol. The lowest BCUT2D eigenvalue weighted by Gasteiger charge is -2.65. The van der Waals surface area contributed by atoms with Crippen LogP contribution in [-0.2, 0) is 23.7 Å². The second-order valence-corrected chi connectivity index (χ2v) is 12.8. The summed E-state index contributed by atoms with van der Waals surface area (Å²) in [5.74, 6) is 0.0916. The third kappa shape index (κ3) is 2.09. The molecular formula is C25H38O6. The van der Waals surface area contributed by atoms with Crippen LogP contribution < -0.4 is 0 Å². The molecule has 7 fully saturated rings. The van der Waals surface area contributed by atoms with E-state index in [2.05, 4.69) is 27.7 Å². The summed E-state index contributed by atoms with van der Waals surface area (Å²) in [7, 11) is 0. The third-order valence-electron chi connectivity index (χ3n) is 11.4. The van der Waals surface area contributed by atoms with Crippen molar-refractivity contribution in [2.75, 3.05) is 26.4 Å². The van der Waals surface area contributed by atoms with E-state index >= 15 is 0 Å². The lowest BCUT2D eigenvalue weighted by molar-refractivity contribution is -0.291. The molecule has 31 heavy (non-hydrogen) atoms. The topological polar surface area (TPSA) is 69.7 Å². The van der Waals surface area contributed by atoms with E-state index < -0.39 is 17.2 Å². The van der Waals surface area contributed by atoms with Gasteiger partial charge in [-0.05, 0) is 57.3 Å². The molecule has 174 valence electrons. The first-order valence-electron chi connectivity index (χ1n) is 12.5. The van der Waals surface area contributed by atoms with Crippen LogP contribution in [0.4, 0.5) is 0 Å². The van der Waals surface area contributed by atoms with Gasteiger partial charge in [-0.3, -0.25) is 0 Å². The monoisotopic (exact) mass is 434 g/mol. The summed E-state index contributed by atoms with van der Waals surface area (Å²) in [6, 6.07) is 0. The van der Waals surface area contributed by atoms with E-state index in [9.17, 15) is 5.11 Å². The molecule has 6 heteroatoms. The van der Waals surface area contributed by atoms with Gasteiger partial charge in [-0.25, -0.2) is 0 Å². The average molecular weight is 435 g/mol. The summed E-state index contributed by atoms with van der Waals surface area (Å²) < 4.78 is 31.7. The van der Waals surface area contributed by atoms with Gasteiger partial charge >= 0.3 is 0 Å². The molecule has 8 atom stereocenters. The quantitative estimate of drug-likeness (QED) is 0.590. The Labute approximate surface area is 185 Å². The lowest BCUT2D eigenvalue weighted by Crippen LogP contribution is -2.70. The highest BCUT2D eigenvalue weighted by molar-refractivity contribution is 5.33. The van der Waals surface area contributed by atoms with E-state index in [-0.39, 0.29) is 27.9 Å². The Bertz CT molecular complexity index is 815. The molecule has 7 rings (SSSR count). The largest absolute Gasteiger partial charge is 0.390 e. The van der Waals surface area contributed by atoms with Crippen LogP contribution in [0.25, 0.3) is 0 Å². The number of ether oxygens (including phenoxy) is 5. The fourth-order valence-electron chi connectivity index (χ4n) is 10.5. The van der Waals surface area contributed by atoms with Crippen LogP contribution in [-0.4, -0.2) is 59.9 Å². The molecule has 2 unspecified atom stereocenters. The number of hydrogen-bond acceptors (Lipinski definition) is 6. The molecule has 3 spiro atoms. The summed E-state index contributed by atoms with van der Waals surface area (Å²) >= 11 is 0. The number of fused-ring (bicyclic) bond motifs is 5. The van der Waals surface area contributed by atoms with Gasteiger partial charge in [-0.1, -0.05) is 13.8 Å². The SMILES string of the molecule is C[C@]1(O)C[C@@]2(C)C(CCC23OCCO3)[C@@H]2C[C@]3(C)O[C@@]34CC3(CC[C@]4(C)C21)OCCO3. The van der Waals surface area contributed by atoms with E-state index in [0.29, 0.717) is 38.3 Å². The summed E-state index contributed by atoms with van der Waals surface area (Å²) in [5, 5.41) is 12.2. The predicted octanol–water partition coefficient (Wildman–Crippen LogP) is 3.40. The van der Waals surface area contributed by atoms with E-state index in [1.165, 1.54) is 0 Å². The van der Waals surface area contributed by atoms with Gasteiger partial charge in [0.1, 0.15) is 5.60 Å². The molecule has 0 aromatic rings. The molecule has 3 saturated heterocycles. The predicted molar refractivity (Wildman–Crippen MR) is 111 cm³/mol. The molecule has 6 nitrogen and oxygen atoms in total. The van der Waals surface area contributed by atoms with Crippen molar-refractivity contribution in [2.45, 2.75) is 101 Å². The fraction of sp³-hybridized carbons (Fsp3) is 1.00. The second-order valence-electron chi connectivity index (χ2n) is 12.8. The molecule has 0 aromatic heterocycles. The molecule has 1 N–H and O–H groups in total. The van der Waals surface area contributed by atoms with Crippen LogP contribution in [0.3, 0.4) is 0 Å². The maximum absolute atomic E-state index is 12.2. The Morgan fingerprint density at radius 1 is 0.774 bits per heavy atom. The molecule has 0 amide bonds. The van der Waals surface area contributed by atoms with Crippen molar-refractivity contribution in [3.8, 4) is 0 Å². The molecule has 4 aliphatic carbocycles. The van der Waals surface area contributed by atoms with Crippen LogP contribution in [0.15, 0.2) is 0 Å². The summed E-state index contributed by atoms with van der Waals surface area (Å²) in [6.07, 6.45) is 6.44. The highest BCUT2D eigenvalue weighted by Gasteiger charge is 2.86. The molecule has 0 bridgehead atoms. The zero-order chi connectivity index (χ0) is 21.5. The van der Waals surface area contributed by atoms with Crippen molar-refractivity contribution in [1.82, 2.24) is 0 Å². The summed E-state index contributed by atoms with van der Waals surface area (Å²) in [6.45, 7) is 11.8. The minimum atomic E-state index is -0.792. The normalized spacial score (nSPS) is 60.5. The van der Waals surface area contributed by atoms with Crippen molar-refractivity contribution in [1.29, 1.82) is 0 Å². The Hall–Kier alpha value is -0.240. The molecule has 3 aliphatic heterocycles. The Kier molecular flexibility index (Phi) is 3.59. The molecule has 3 heterocycles. The minimum Gasteiger partial charge on any atom is -0.390 e. The Balaban J connectivity index is 1.32. The zero-order valence-corrected chi connectivity index (χ0v) is 19.5. The average Bonchev–Trinajstić information content (AvgIpc) is 3.13. The minimum absolute atomic E-state index is 0.0940. The number of aliphatic hydroxyl groups is 1. The van der Waals surface area contributed by atoms with E-state index in [1.807, 2.05) is 0 Å². The smallest absolute Gasteiger partial charge is 0.174 e. The van der Waals surface area contributed by atoms with Crippen LogP contribution in [0.5, 0.6) is 0 Å². The first-order chi connectivity index (χ1) is 14.5. The van der Waals surface area contributed by atoms with Gasteiger partial charge in [-0.15, -0.1) is 0 Å². The van der Waals surface area contributed by atoms with E-state index in [4.69, 9.17) is 23.7 Å². The van der Waals surface area contributed by atoms with Crippen molar-refractivity contribution in [3.05, 3.63) is 0 Å². The first-order valence-corrected chi connectivity index (χ1v) is 12.5. The van der Waals surface area contributed by atoms with E-state index in [0.717, 1.165) is 44.9 Å². The Morgan fingerprint density at radius 2 is 1.45 bits per heavy atom. The maximum Gasteiger partial charge on any atom is 0.174 e. The lowest BCUT2D eigenvalue weighted by atomic mass is 9.39. The fourth-order valence-corrected chi connectivity index (χ4v) is 10.5. The van der Waals surface area contributed by atoms with Crippen LogP contribution in [0.2, 0.25) is 0 Å². The zero-order valence-electron chi connectivity index (χ0n) is 19.5. The highest BCUT2D eigenvalue weighted by Crippen LogP contribution is 2.80. The van der Waals surface area contributed by atoms with Gasteiger partial charge in [0.05, 0.1) is 37.6 Å². The van der Waals surface area contributed by atoms with Gasteiger partial charge < -0.3 is 28.8 Å². The van der Waals surface area contributed by atoms with Gasteiger partial charge in [0.2, 0.25) is 0 Å².